The number of nitrogens with zero attached hydrogens (tertiary/aromatic N) is 1. The molecule has 0 aliphatic heterocycles. The van der Waals surface area contributed by atoms with Crippen LogP contribution in [-0.4, -0.2) is 29.5 Å². The maximum atomic E-state index is 5.45. The first-order valence-corrected chi connectivity index (χ1v) is 5.14. The van der Waals surface area contributed by atoms with Crippen LogP contribution in [0.2, 0.25) is 0 Å². The Morgan fingerprint density at radius 3 is 2.23 bits per heavy atom. The summed E-state index contributed by atoms with van der Waals surface area (Å²) in [5.41, 5.74) is 5.77. The Morgan fingerprint density at radius 2 is 1.92 bits per heavy atom. The second kappa shape index (κ2) is 4.91. The van der Waals surface area contributed by atoms with E-state index < -0.39 is 0 Å². The second-order valence-corrected chi connectivity index (χ2v) is 5.26. The van der Waals surface area contributed by atoms with Gasteiger partial charge in [0, 0.05) is 19.0 Å². The fraction of sp³-hybridized carbons (Fsp3) is 0.900. The lowest BCUT2D eigenvalue weighted by Crippen LogP contribution is -2.40. The molecule has 1 atom stereocenters. The molecule has 0 rings (SSSR count). The van der Waals surface area contributed by atoms with Crippen LogP contribution in [0.3, 0.4) is 0 Å². The van der Waals surface area contributed by atoms with Crippen molar-refractivity contribution in [3.05, 3.63) is 0 Å². The zero-order valence-electron chi connectivity index (χ0n) is 9.42. The van der Waals surface area contributed by atoms with Crippen LogP contribution in [0.4, 0.5) is 0 Å². The van der Waals surface area contributed by atoms with E-state index in [4.69, 9.17) is 18.0 Å². The first kappa shape index (κ1) is 12.8. The highest BCUT2D eigenvalue weighted by atomic mass is 32.1. The fourth-order valence-corrected chi connectivity index (χ4v) is 1.23. The molecular formula is C10H22N2S. The Balaban J connectivity index is 3.97. The van der Waals surface area contributed by atoms with Crippen LogP contribution >= 0.6 is 12.2 Å². The quantitative estimate of drug-likeness (QED) is 0.707. The van der Waals surface area contributed by atoms with E-state index in [1.807, 2.05) is 0 Å². The number of rotatable bonds is 4. The summed E-state index contributed by atoms with van der Waals surface area (Å²) in [5.74, 6) is 0. The first-order valence-electron chi connectivity index (χ1n) is 4.73. The maximum Gasteiger partial charge on any atom is 0.0740 e. The summed E-state index contributed by atoms with van der Waals surface area (Å²) in [6.45, 7) is 9.92. The minimum atomic E-state index is 0.310. The highest BCUT2D eigenvalue weighted by Gasteiger charge is 2.23. The van der Waals surface area contributed by atoms with E-state index in [0.717, 1.165) is 13.0 Å². The van der Waals surface area contributed by atoms with E-state index in [1.54, 1.807) is 0 Å². The molecule has 0 saturated heterocycles. The van der Waals surface area contributed by atoms with Gasteiger partial charge >= 0.3 is 0 Å². The van der Waals surface area contributed by atoms with E-state index in [0.29, 0.717) is 16.4 Å². The van der Waals surface area contributed by atoms with Crippen molar-refractivity contribution in [2.75, 3.05) is 13.6 Å². The van der Waals surface area contributed by atoms with Gasteiger partial charge in [0.2, 0.25) is 0 Å². The summed E-state index contributed by atoms with van der Waals surface area (Å²) in [5, 5.41) is 0. The minimum Gasteiger partial charge on any atom is -0.393 e. The molecule has 0 amide bonds. The van der Waals surface area contributed by atoms with Crippen LogP contribution in [0.1, 0.15) is 34.1 Å². The predicted molar refractivity (Wildman–Crippen MR) is 62.9 cm³/mol. The normalized spacial score (nSPS) is 14.6. The van der Waals surface area contributed by atoms with E-state index in [-0.39, 0.29) is 0 Å². The highest BCUT2D eigenvalue weighted by molar-refractivity contribution is 7.80. The molecule has 0 heterocycles. The van der Waals surface area contributed by atoms with Crippen molar-refractivity contribution in [3.8, 4) is 0 Å². The van der Waals surface area contributed by atoms with Crippen molar-refractivity contribution < 1.29 is 0 Å². The van der Waals surface area contributed by atoms with Crippen LogP contribution in [0.25, 0.3) is 0 Å². The molecule has 2 nitrogen and oxygen atoms in total. The van der Waals surface area contributed by atoms with Gasteiger partial charge < -0.3 is 10.6 Å². The lowest BCUT2D eigenvalue weighted by molar-refractivity contribution is 0.144. The van der Waals surface area contributed by atoms with Gasteiger partial charge in [-0.25, -0.2) is 0 Å². The summed E-state index contributed by atoms with van der Waals surface area (Å²) in [6, 6.07) is 0.543. The maximum absolute atomic E-state index is 5.45. The van der Waals surface area contributed by atoms with Crippen molar-refractivity contribution in [2.45, 2.75) is 40.2 Å². The lowest BCUT2D eigenvalue weighted by atomic mass is 9.87. The van der Waals surface area contributed by atoms with Crippen molar-refractivity contribution in [3.63, 3.8) is 0 Å². The molecular weight excluding hydrogens is 180 g/mol. The Morgan fingerprint density at radius 1 is 1.46 bits per heavy atom. The Kier molecular flexibility index (Phi) is 4.86. The SMILES string of the molecule is CC(N(C)CCC(N)=S)C(C)(C)C. The van der Waals surface area contributed by atoms with Crippen LogP contribution in [0.5, 0.6) is 0 Å². The number of hydrogen-bond donors (Lipinski definition) is 1. The molecule has 0 aromatic rings. The van der Waals surface area contributed by atoms with Gasteiger partial charge in [-0.2, -0.15) is 0 Å². The topological polar surface area (TPSA) is 29.3 Å². The minimum absolute atomic E-state index is 0.310. The summed E-state index contributed by atoms with van der Waals surface area (Å²) in [7, 11) is 2.12. The molecule has 0 spiro atoms. The molecule has 0 saturated carbocycles. The summed E-state index contributed by atoms with van der Waals surface area (Å²) < 4.78 is 0. The molecule has 0 aliphatic rings. The van der Waals surface area contributed by atoms with Crippen molar-refractivity contribution in [1.29, 1.82) is 0 Å². The molecule has 0 aromatic carbocycles. The summed E-state index contributed by atoms with van der Waals surface area (Å²) >= 11 is 4.85. The third kappa shape index (κ3) is 5.21. The molecule has 0 bridgehead atoms. The van der Waals surface area contributed by atoms with Crippen LogP contribution in [-0.2, 0) is 0 Å². The van der Waals surface area contributed by atoms with E-state index in [9.17, 15) is 0 Å². The standard InChI is InChI=1S/C10H22N2S/c1-8(10(2,3)4)12(5)7-6-9(11)13/h8H,6-7H2,1-5H3,(H2,11,13). The van der Waals surface area contributed by atoms with Crippen LogP contribution in [0.15, 0.2) is 0 Å². The monoisotopic (exact) mass is 202 g/mol. The van der Waals surface area contributed by atoms with Gasteiger partial charge in [0.1, 0.15) is 0 Å². The first-order chi connectivity index (χ1) is 5.75. The molecule has 2 N–H and O–H groups in total. The third-order valence-electron chi connectivity index (χ3n) is 2.63. The van der Waals surface area contributed by atoms with Crippen LogP contribution < -0.4 is 5.73 Å². The Labute approximate surface area is 87.5 Å². The molecule has 3 heteroatoms. The fourth-order valence-electron chi connectivity index (χ4n) is 1.14. The molecule has 0 fully saturated rings. The molecule has 0 radical (unpaired) electrons. The van der Waals surface area contributed by atoms with Crippen molar-refractivity contribution >= 4 is 17.2 Å². The predicted octanol–water partition coefficient (Wildman–Crippen LogP) is 2.03. The average molecular weight is 202 g/mol. The van der Waals surface area contributed by atoms with Crippen molar-refractivity contribution in [2.24, 2.45) is 11.1 Å². The molecule has 78 valence electrons. The smallest absolute Gasteiger partial charge is 0.0740 e. The summed E-state index contributed by atoms with van der Waals surface area (Å²) in [6.07, 6.45) is 0.812. The number of nitrogens with two attached hydrogens (primary N) is 1. The van der Waals surface area contributed by atoms with Gasteiger partial charge in [-0.15, -0.1) is 0 Å². The highest BCUT2D eigenvalue weighted by Crippen LogP contribution is 2.22. The number of thiocarbonyl (C=S) groups is 1. The zero-order chi connectivity index (χ0) is 10.6. The van der Waals surface area contributed by atoms with Gasteiger partial charge in [-0.3, -0.25) is 0 Å². The largest absolute Gasteiger partial charge is 0.393 e. The second-order valence-electron chi connectivity index (χ2n) is 4.74. The van der Waals surface area contributed by atoms with Gasteiger partial charge in [-0.1, -0.05) is 33.0 Å². The van der Waals surface area contributed by atoms with Gasteiger partial charge in [0.05, 0.1) is 4.99 Å². The van der Waals surface area contributed by atoms with Gasteiger partial charge in [-0.05, 0) is 19.4 Å². The van der Waals surface area contributed by atoms with E-state index in [1.165, 1.54) is 0 Å². The Hall–Kier alpha value is -0.150. The van der Waals surface area contributed by atoms with Crippen LogP contribution in [0, 0.1) is 5.41 Å². The third-order valence-corrected chi connectivity index (χ3v) is 2.83. The van der Waals surface area contributed by atoms with E-state index in [2.05, 4.69) is 39.6 Å². The molecule has 13 heavy (non-hydrogen) atoms. The van der Waals surface area contributed by atoms with Gasteiger partial charge in [0.15, 0.2) is 0 Å². The average Bonchev–Trinajstić information content (AvgIpc) is 1.96. The summed E-state index contributed by atoms with van der Waals surface area (Å²) in [4.78, 5) is 2.91. The zero-order valence-corrected chi connectivity index (χ0v) is 10.2. The molecule has 0 aliphatic carbocycles. The number of hydrogen-bond acceptors (Lipinski definition) is 2. The lowest BCUT2D eigenvalue weighted by Gasteiger charge is -2.35. The van der Waals surface area contributed by atoms with E-state index >= 15 is 0 Å². The molecule has 0 aromatic heterocycles. The Bertz CT molecular complexity index is 172. The van der Waals surface area contributed by atoms with Gasteiger partial charge in [0.25, 0.3) is 0 Å². The van der Waals surface area contributed by atoms with Crippen molar-refractivity contribution in [1.82, 2.24) is 4.90 Å². The molecule has 1 unspecified atom stereocenters.